The minimum absolute atomic E-state index is 0.286. The van der Waals surface area contributed by atoms with Crippen molar-refractivity contribution in [1.82, 2.24) is 10.3 Å². The van der Waals surface area contributed by atoms with E-state index in [-0.39, 0.29) is 11.9 Å². The van der Waals surface area contributed by atoms with Crippen molar-refractivity contribution in [3.05, 3.63) is 112 Å². The van der Waals surface area contributed by atoms with E-state index < -0.39 is 6.04 Å². The second kappa shape index (κ2) is 9.99. The Morgan fingerprint density at radius 3 is 2.74 bits per heavy atom. The number of carbonyl (C=O) groups excluding carboxylic acids is 1. The van der Waals surface area contributed by atoms with Crippen LogP contribution in [-0.2, 0) is 4.79 Å². The number of halogens is 1. The summed E-state index contributed by atoms with van der Waals surface area (Å²) in [4.78, 5) is 27.4. The molecule has 3 heterocycles. The molecule has 0 radical (unpaired) electrons. The monoisotopic (exact) mass is 522 g/mol. The highest BCUT2D eigenvalue weighted by Crippen LogP contribution is 2.35. The molecule has 3 aromatic carbocycles. The third-order valence-electron chi connectivity index (χ3n) is 6.26. The molecule has 1 amide bonds. The van der Waals surface area contributed by atoms with Crippen LogP contribution in [0.1, 0.15) is 24.1 Å². The highest BCUT2D eigenvalue weighted by Gasteiger charge is 2.31. The molecular formula is C29H23ClN6O2. The van der Waals surface area contributed by atoms with Crippen LogP contribution in [0.15, 0.2) is 111 Å². The van der Waals surface area contributed by atoms with E-state index in [2.05, 4.69) is 25.9 Å². The van der Waals surface area contributed by atoms with E-state index in [0.717, 1.165) is 16.8 Å². The lowest BCUT2D eigenvalue weighted by Gasteiger charge is -2.27. The SMILES string of the molecule is CC1=C(C(=O)Nc2cccc(C3=NCC=C3)c2)C(c2ccccc2Cl)N=C(Nc2nc3ccccc3o2)N1. The van der Waals surface area contributed by atoms with Crippen molar-refractivity contribution < 1.29 is 9.21 Å². The van der Waals surface area contributed by atoms with Crippen molar-refractivity contribution in [3.63, 3.8) is 0 Å². The van der Waals surface area contributed by atoms with E-state index in [1.807, 2.05) is 85.8 Å². The van der Waals surface area contributed by atoms with Gasteiger partial charge in [0.1, 0.15) is 11.6 Å². The van der Waals surface area contributed by atoms with E-state index in [1.165, 1.54) is 0 Å². The first kappa shape index (κ1) is 23.7. The van der Waals surface area contributed by atoms with Gasteiger partial charge < -0.3 is 15.1 Å². The molecule has 1 atom stereocenters. The lowest BCUT2D eigenvalue weighted by Crippen LogP contribution is -2.37. The molecule has 0 fully saturated rings. The predicted octanol–water partition coefficient (Wildman–Crippen LogP) is 5.87. The molecule has 0 saturated heterocycles. The number of aliphatic imine (C=N–C) groups is 2. The fraction of sp³-hybridized carbons (Fsp3) is 0.103. The Morgan fingerprint density at radius 2 is 1.92 bits per heavy atom. The summed E-state index contributed by atoms with van der Waals surface area (Å²) in [5.41, 5.74) is 5.65. The number of allylic oxidation sites excluding steroid dienone is 2. The van der Waals surface area contributed by atoms with Crippen molar-refractivity contribution in [2.75, 3.05) is 17.2 Å². The molecule has 6 rings (SSSR count). The van der Waals surface area contributed by atoms with Crippen LogP contribution in [0.2, 0.25) is 5.02 Å². The fourth-order valence-electron chi connectivity index (χ4n) is 4.49. The van der Waals surface area contributed by atoms with Gasteiger partial charge in [0.2, 0.25) is 5.96 Å². The molecule has 188 valence electrons. The Labute approximate surface area is 223 Å². The van der Waals surface area contributed by atoms with Gasteiger partial charge in [-0.25, -0.2) is 4.99 Å². The van der Waals surface area contributed by atoms with E-state index in [0.29, 0.717) is 45.6 Å². The number of benzene rings is 3. The number of amides is 1. The Balaban J connectivity index is 1.31. The number of nitrogens with zero attached hydrogens (tertiary/aromatic N) is 3. The van der Waals surface area contributed by atoms with Gasteiger partial charge in [-0.3, -0.25) is 15.1 Å². The number of hydrogen-bond donors (Lipinski definition) is 3. The quantitative estimate of drug-likeness (QED) is 0.304. The first-order chi connectivity index (χ1) is 18.5. The summed E-state index contributed by atoms with van der Waals surface area (Å²) in [6, 6.07) is 22.1. The van der Waals surface area contributed by atoms with Crippen LogP contribution in [0.4, 0.5) is 11.7 Å². The van der Waals surface area contributed by atoms with Crippen LogP contribution in [0.25, 0.3) is 11.1 Å². The normalized spacial score (nSPS) is 16.7. The van der Waals surface area contributed by atoms with Gasteiger partial charge in [0.25, 0.3) is 5.91 Å². The molecule has 0 bridgehead atoms. The van der Waals surface area contributed by atoms with Gasteiger partial charge in [0.15, 0.2) is 5.58 Å². The van der Waals surface area contributed by atoms with Crippen molar-refractivity contribution in [3.8, 4) is 0 Å². The maximum Gasteiger partial charge on any atom is 0.302 e. The van der Waals surface area contributed by atoms with Gasteiger partial charge in [-0.05, 0) is 43.3 Å². The molecule has 0 aliphatic carbocycles. The fourth-order valence-corrected chi connectivity index (χ4v) is 4.73. The third kappa shape index (κ3) is 4.69. The zero-order chi connectivity index (χ0) is 26.1. The summed E-state index contributed by atoms with van der Waals surface area (Å²) in [5.74, 6) is 0.106. The molecule has 0 saturated carbocycles. The molecule has 4 aromatic rings. The van der Waals surface area contributed by atoms with Gasteiger partial charge >= 0.3 is 6.01 Å². The van der Waals surface area contributed by atoms with E-state index >= 15 is 0 Å². The number of para-hydroxylation sites is 2. The Bertz CT molecular complexity index is 1650. The van der Waals surface area contributed by atoms with Crippen LogP contribution in [0.3, 0.4) is 0 Å². The van der Waals surface area contributed by atoms with Crippen molar-refractivity contribution in [2.24, 2.45) is 9.98 Å². The zero-order valence-corrected chi connectivity index (χ0v) is 21.2. The highest BCUT2D eigenvalue weighted by molar-refractivity contribution is 6.31. The predicted molar refractivity (Wildman–Crippen MR) is 151 cm³/mol. The first-order valence-electron chi connectivity index (χ1n) is 12.1. The molecule has 1 unspecified atom stereocenters. The summed E-state index contributed by atoms with van der Waals surface area (Å²) in [6.45, 7) is 2.50. The average molecular weight is 523 g/mol. The van der Waals surface area contributed by atoms with Crippen molar-refractivity contribution in [1.29, 1.82) is 0 Å². The summed E-state index contributed by atoms with van der Waals surface area (Å²) < 4.78 is 5.80. The van der Waals surface area contributed by atoms with Crippen LogP contribution in [-0.4, -0.2) is 29.1 Å². The number of fused-ring (bicyclic) bond motifs is 1. The minimum atomic E-state index is -0.665. The van der Waals surface area contributed by atoms with Crippen LogP contribution < -0.4 is 16.0 Å². The largest absolute Gasteiger partial charge is 0.423 e. The van der Waals surface area contributed by atoms with Gasteiger partial charge in [0, 0.05) is 27.5 Å². The third-order valence-corrected chi connectivity index (χ3v) is 6.61. The number of oxazole rings is 1. The number of anilines is 2. The van der Waals surface area contributed by atoms with Crippen LogP contribution in [0, 0.1) is 0 Å². The minimum Gasteiger partial charge on any atom is -0.423 e. The number of aromatic nitrogens is 1. The van der Waals surface area contributed by atoms with E-state index in [4.69, 9.17) is 21.0 Å². The number of guanidine groups is 1. The number of carbonyl (C=O) groups is 1. The molecule has 9 heteroatoms. The summed E-state index contributed by atoms with van der Waals surface area (Å²) in [6.07, 6.45) is 3.98. The van der Waals surface area contributed by atoms with Gasteiger partial charge in [0.05, 0.1) is 17.8 Å². The van der Waals surface area contributed by atoms with Gasteiger partial charge in [-0.1, -0.05) is 60.1 Å². The van der Waals surface area contributed by atoms with Gasteiger partial charge in [-0.2, -0.15) is 4.98 Å². The molecule has 38 heavy (non-hydrogen) atoms. The topological polar surface area (TPSA) is 104 Å². The molecule has 2 aliphatic heterocycles. The Morgan fingerprint density at radius 1 is 1.08 bits per heavy atom. The average Bonchev–Trinajstić information content (AvgIpc) is 3.59. The summed E-state index contributed by atoms with van der Waals surface area (Å²) >= 11 is 6.58. The molecule has 0 spiro atoms. The molecule has 3 N–H and O–H groups in total. The lowest BCUT2D eigenvalue weighted by atomic mass is 9.95. The van der Waals surface area contributed by atoms with Crippen LogP contribution >= 0.6 is 11.6 Å². The van der Waals surface area contributed by atoms with E-state index in [1.54, 1.807) is 6.07 Å². The molecule has 8 nitrogen and oxygen atoms in total. The second-order valence-corrected chi connectivity index (χ2v) is 9.25. The molecular weight excluding hydrogens is 500 g/mol. The standard InChI is InChI=1S/C29H23ClN6O2/c1-17-25(27(37)33-19-9-6-8-18(16-19)22-13-7-15-31-22)26(20-10-2-3-11-21(20)30)35-28(32-17)36-29-34-23-12-4-5-14-24(23)38-29/h2-14,16,26H,15H2,1H3,(H,33,37)(H2,32,34,35,36). The van der Waals surface area contributed by atoms with E-state index in [9.17, 15) is 4.79 Å². The highest BCUT2D eigenvalue weighted by atomic mass is 35.5. The Hall–Kier alpha value is -4.69. The zero-order valence-electron chi connectivity index (χ0n) is 20.4. The maximum atomic E-state index is 13.7. The molecule has 2 aliphatic rings. The molecule has 1 aromatic heterocycles. The smallest absolute Gasteiger partial charge is 0.302 e. The van der Waals surface area contributed by atoms with Crippen molar-refractivity contribution >= 4 is 52.0 Å². The van der Waals surface area contributed by atoms with Crippen LogP contribution in [0.5, 0.6) is 0 Å². The number of hydrogen-bond acceptors (Lipinski definition) is 7. The summed E-state index contributed by atoms with van der Waals surface area (Å²) in [5, 5.41) is 9.83. The van der Waals surface area contributed by atoms with Crippen molar-refractivity contribution in [2.45, 2.75) is 13.0 Å². The second-order valence-electron chi connectivity index (χ2n) is 8.84. The first-order valence-corrected chi connectivity index (χ1v) is 12.5. The maximum absolute atomic E-state index is 13.7. The van der Waals surface area contributed by atoms with Gasteiger partial charge in [-0.15, -0.1) is 0 Å². The lowest BCUT2D eigenvalue weighted by molar-refractivity contribution is -0.113. The summed E-state index contributed by atoms with van der Waals surface area (Å²) in [7, 11) is 0. The number of rotatable bonds is 5. The number of nitrogens with one attached hydrogen (secondary N) is 3. The Kier molecular flexibility index (Phi) is 6.23.